The Kier molecular flexibility index (Phi) is 3.96. The van der Waals surface area contributed by atoms with Crippen molar-refractivity contribution in [3.63, 3.8) is 0 Å². The fourth-order valence-corrected chi connectivity index (χ4v) is 1.19. The van der Waals surface area contributed by atoms with Crippen LogP contribution in [-0.2, 0) is 0 Å². The van der Waals surface area contributed by atoms with Crippen molar-refractivity contribution in [3.8, 4) is 0 Å². The molecule has 0 saturated heterocycles. The Labute approximate surface area is 85.4 Å². The molecule has 0 saturated carbocycles. The molecule has 0 radical (unpaired) electrons. The van der Waals surface area contributed by atoms with Crippen LogP contribution >= 0.6 is 12.6 Å². The maximum atomic E-state index is 4.13. The van der Waals surface area contributed by atoms with Crippen molar-refractivity contribution in [2.75, 3.05) is 36.6 Å². The number of hydrogen-bond acceptors (Lipinski definition) is 3. The first kappa shape index (κ1) is 10.3. The molecule has 0 fully saturated rings. The lowest BCUT2D eigenvalue weighted by Gasteiger charge is -2.13. The Balaban J connectivity index is 2.59. The smallest absolute Gasteiger partial charge is 0.0362 e. The first-order valence-electron chi connectivity index (χ1n) is 4.36. The minimum absolute atomic E-state index is 0.857. The quantitative estimate of drug-likeness (QED) is 0.717. The average Bonchev–Trinajstić information content (AvgIpc) is 2.15. The molecule has 0 bridgehead atoms. The van der Waals surface area contributed by atoms with E-state index < -0.39 is 0 Å². The number of nitrogens with one attached hydrogen (secondary N) is 1. The number of benzene rings is 1. The van der Waals surface area contributed by atoms with E-state index in [2.05, 4.69) is 47.1 Å². The third-order valence-electron chi connectivity index (χ3n) is 1.82. The summed E-state index contributed by atoms with van der Waals surface area (Å²) in [5.74, 6) is 0.857. The second-order valence-electron chi connectivity index (χ2n) is 3.09. The molecule has 13 heavy (non-hydrogen) atoms. The van der Waals surface area contributed by atoms with E-state index in [0.29, 0.717) is 0 Å². The van der Waals surface area contributed by atoms with Gasteiger partial charge in [0.1, 0.15) is 0 Å². The third kappa shape index (κ3) is 3.19. The summed E-state index contributed by atoms with van der Waals surface area (Å²) < 4.78 is 0. The van der Waals surface area contributed by atoms with Crippen molar-refractivity contribution in [1.82, 2.24) is 0 Å². The molecule has 72 valence electrons. The first-order chi connectivity index (χ1) is 6.24. The molecule has 0 aromatic heterocycles. The van der Waals surface area contributed by atoms with Crippen LogP contribution in [0.5, 0.6) is 0 Å². The van der Waals surface area contributed by atoms with E-state index >= 15 is 0 Å². The zero-order valence-corrected chi connectivity index (χ0v) is 9.01. The van der Waals surface area contributed by atoms with Crippen molar-refractivity contribution in [2.45, 2.75) is 0 Å². The van der Waals surface area contributed by atoms with E-state index in [1.807, 2.05) is 14.1 Å². The maximum absolute atomic E-state index is 4.13. The fraction of sp³-hybridized carbons (Fsp3) is 0.400. The molecule has 1 aromatic rings. The van der Waals surface area contributed by atoms with Gasteiger partial charge in [-0.2, -0.15) is 12.6 Å². The summed E-state index contributed by atoms with van der Waals surface area (Å²) in [6.07, 6.45) is 0. The molecular weight excluding hydrogens is 180 g/mol. The van der Waals surface area contributed by atoms with Gasteiger partial charge in [0.25, 0.3) is 0 Å². The minimum Gasteiger partial charge on any atom is -0.384 e. The summed E-state index contributed by atoms with van der Waals surface area (Å²) in [7, 11) is 4.08. The van der Waals surface area contributed by atoms with Crippen molar-refractivity contribution < 1.29 is 0 Å². The van der Waals surface area contributed by atoms with Gasteiger partial charge in [-0.05, 0) is 24.3 Å². The van der Waals surface area contributed by atoms with Crippen LogP contribution in [-0.4, -0.2) is 26.4 Å². The number of thiol groups is 1. The van der Waals surface area contributed by atoms with Crippen LogP contribution in [0.15, 0.2) is 24.3 Å². The van der Waals surface area contributed by atoms with Gasteiger partial charge in [-0.1, -0.05) is 0 Å². The van der Waals surface area contributed by atoms with Crippen molar-refractivity contribution in [3.05, 3.63) is 24.3 Å². The van der Waals surface area contributed by atoms with E-state index in [9.17, 15) is 0 Å². The maximum Gasteiger partial charge on any atom is 0.0362 e. The Morgan fingerprint density at radius 2 is 1.85 bits per heavy atom. The fourth-order valence-electron chi connectivity index (χ4n) is 1.08. The summed E-state index contributed by atoms with van der Waals surface area (Å²) >= 11 is 4.13. The SMILES string of the molecule is CN(C)c1ccc(NCCS)cc1. The second kappa shape index (κ2) is 5.02. The molecule has 0 amide bonds. The van der Waals surface area contributed by atoms with Gasteiger partial charge in [-0.25, -0.2) is 0 Å². The van der Waals surface area contributed by atoms with Gasteiger partial charge >= 0.3 is 0 Å². The molecule has 2 nitrogen and oxygen atoms in total. The van der Waals surface area contributed by atoms with Crippen LogP contribution in [0.4, 0.5) is 11.4 Å². The average molecular weight is 196 g/mol. The summed E-state index contributed by atoms with van der Waals surface area (Å²) in [6, 6.07) is 8.36. The summed E-state index contributed by atoms with van der Waals surface area (Å²) in [6.45, 7) is 0.907. The van der Waals surface area contributed by atoms with Crippen LogP contribution in [0.1, 0.15) is 0 Å². The van der Waals surface area contributed by atoms with Crippen LogP contribution in [0.25, 0.3) is 0 Å². The summed E-state index contributed by atoms with van der Waals surface area (Å²) in [4.78, 5) is 2.09. The number of rotatable bonds is 4. The molecule has 1 rings (SSSR count). The van der Waals surface area contributed by atoms with E-state index in [4.69, 9.17) is 0 Å². The Morgan fingerprint density at radius 1 is 1.23 bits per heavy atom. The van der Waals surface area contributed by atoms with Gasteiger partial charge in [0.05, 0.1) is 0 Å². The molecule has 0 heterocycles. The Morgan fingerprint density at radius 3 is 2.31 bits per heavy atom. The molecule has 0 aliphatic rings. The standard InChI is InChI=1S/C10H16N2S/c1-12(2)10-5-3-9(4-6-10)11-7-8-13/h3-6,11,13H,7-8H2,1-2H3. The largest absolute Gasteiger partial charge is 0.384 e. The predicted octanol–water partition coefficient (Wildman–Crippen LogP) is 2.09. The highest BCUT2D eigenvalue weighted by Crippen LogP contribution is 2.15. The van der Waals surface area contributed by atoms with Gasteiger partial charge in [-0.15, -0.1) is 0 Å². The lowest BCUT2D eigenvalue weighted by atomic mass is 10.2. The summed E-state index contributed by atoms with van der Waals surface area (Å²) in [5.41, 5.74) is 2.37. The van der Waals surface area contributed by atoms with Crippen molar-refractivity contribution >= 4 is 24.0 Å². The predicted molar refractivity (Wildman–Crippen MR) is 63.1 cm³/mol. The van der Waals surface area contributed by atoms with E-state index in [0.717, 1.165) is 18.0 Å². The molecule has 1 N–H and O–H groups in total. The highest BCUT2D eigenvalue weighted by Gasteiger charge is 1.94. The zero-order valence-electron chi connectivity index (χ0n) is 8.12. The first-order valence-corrected chi connectivity index (χ1v) is 4.99. The number of nitrogens with zero attached hydrogens (tertiary/aromatic N) is 1. The third-order valence-corrected chi connectivity index (χ3v) is 2.05. The number of hydrogen-bond donors (Lipinski definition) is 2. The van der Waals surface area contributed by atoms with Crippen LogP contribution in [0.3, 0.4) is 0 Å². The van der Waals surface area contributed by atoms with Gasteiger partial charge in [0, 0.05) is 37.8 Å². The molecule has 0 spiro atoms. The number of anilines is 2. The molecule has 0 aliphatic carbocycles. The van der Waals surface area contributed by atoms with Gasteiger partial charge in [0.15, 0.2) is 0 Å². The van der Waals surface area contributed by atoms with Crippen LogP contribution < -0.4 is 10.2 Å². The van der Waals surface area contributed by atoms with Crippen molar-refractivity contribution in [2.24, 2.45) is 0 Å². The molecule has 1 aromatic carbocycles. The van der Waals surface area contributed by atoms with Gasteiger partial charge < -0.3 is 10.2 Å². The lowest BCUT2D eigenvalue weighted by Crippen LogP contribution is -2.08. The normalized spacial score (nSPS) is 9.77. The van der Waals surface area contributed by atoms with Crippen molar-refractivity contribution in [1.29, 1.82) is 0 Å². The Hall–Kier alpha value is -0.830. The monoisotopic (exact) mass is 196 g/mol. The van der Waals surface area contributed by atoms with E-state index in [1.165, 1.54) is 5.69 Å². The van der Waals surface area contributed by atoms with Crippen LogP contribution in [0.2, 0.25) is 0 Å². The lowest BCUT2D eigenvalue weighted by molar-refractivity contribution is 1.13. The molecule has 0 atom stereocenters. The highest BCUT2D eigenvalue weighted by molar-refractivity contribution is 7.80. The van der Waals surface area contributed by atoms with Gasteiger partial charge in [-0.3, -0.25) is 0 Å². The second-order valence-corrected chi connectivity index (χ2v) is 3.54. The minimum atomic E-state index is 0.857. The van der Waals surface area contributed by atoms with E-state index in [1.54, 1.807) is 0 Å². The Bertz CT molecular complexity index is 244. The topological polar surface area (TPSA) is 15.3 Å². The highest BCUT2D eigenvalue weighted by atomic mass is 32.1. The zero-order chi connectivity index (χ0) is 9.68. The van der Waals surface area contributed by atoms with E-state index in [-0.39, 0.29) is 0 Å². The molecular formula is C10H16N2S. The molecule has 0 aliphatic heterocycles. The molecule has 0 unspecified atom stereocenters. The van der Waals surface area contributed by atoms with Crippen LogP contribution in [0, 0.1) is 0 Å². The molecule has 3 heteroatoms. The summed E-state index contributed by atoms with van der Waals surface area (Å²) in [5, 5.41) is 3.27. The van der Waals surface area contributed by atoms with Gasteiger partial charge in [0.2, 0.25) is 0 Å².